The third kappa shape index (κ3) is 2.89. The van der Waals surface area contributed by atoms with Gasteiger partial charge in [0.15, 0.2) is 11.9 Å². The second-order valence-electron chi connectivity index (χ2n) is 9.55. The molecule has 2 atom stereocenters. The van der Waals surface area contributed by atoms with E-state index in [0.717, 1.165) is 31.2 Å². The van der Waals surface area contributed by atoms with E-state index in [9.17, 15) is 14.7 Å². The molecule has 7 nitrogen and oxygen atoms in total. The number of carbonyl (C=O) groups excluding carboxylic acids is 1. The van der Waals surface area contributed by atoms with Gasteiger partial charge in [-0.3, -0.25) is 9.59 Å². The molecule has 174 valence electrons. The lowest BCUT2D eigenvalue weighted by Gasteiger charge is -2.28. The van der Waals surface area contributed by atoms with Crippen LogP contribution in [0, 0.1) is 6.92 Å². The average molecular weight is 459 g/mol. The fourth-order valence-corrected chi connectivity index (χ4v) is 5.53. The molecular weight excluding hydrogens is 432 g/mol. The lowest BCUT2D eigenvalue weighted by Crippen LogP contribution is -2.44. The third-order valence-electron chi connectivity index (χ3n) is 7.33. The van der Waals surface area contributed by atoms with Gasteiger partial charge in [0.2, 0.25) is 11.0 Å². The molecule has 0 unspecified atom stereocenters. The maximum absolute atomic E-state index is 13.8. The summed E-state index contributed by atoms with van der Waals surface area (Å²) in [6, 6.07) is 12.5. The summed E-state index contributed by atoms with van der Waals surface area (Å²) in [5, 5.41) is 12.3. The highest BCUT2D eigenvalue weighted by molar-refractivity contribution is 6.08. The number of amides is 1. The molecule has 1 aliphatic carbocycles. The molecule has 34 heavy (non-hydrogen) atoms. The van der Waals surface area contributed by atoms with Crippen LogP contribution in [0.2, 0.25) is 0 Å². The van der Waals surface area contributed by atoms with Crippen LogP contribution in [-0.4, -0.2) is 30.0 Å². The number of fused-ring (bicyclic) bond motifs is 3. The molecule has 0 radical (unpaired) electrons. The minimum absolute atomic E-state index is 0.0539. The minimum atomic E-state index is -2.07. The number of rotatable bonds is 2. The smallest absolute Gasteiger partial charge is 0.267 e. The van der Waals surface area contributed by atoms with E-state index in [1.165, 1.54) is 11.3 Å². The lowest BCUT2D eigenvalue weighted by molar-refractivity contribution is -0.147. The van der Waals surface area contributed by atoms with Gasteiger partial charge in [0, 0.05) is 12.6 Å². The van der Waals surface area contributed by atoms with Crippen LogP contribution >= 0.6 is 0 Å². The van der Waals surface area contributed by atoms with Crippen molar-refractivity contribution in [2.75, 3.05) is 11.9 Å². The van der Waals surface area contributed by atoms with Crippen molar-refractivity contribution < 1.29 is 19.1 Å². The zero-order valence-corrected chi connectivity index (χ0v) is 19.2. The number of para-hydroxylation sites is 1. The van der Waals surface area contributed by atoms with E-state index in [-0.39, 0.29) is 28.7 Å². The molecule has 1 amide bonds. The second-order valence-corrected chi connectivity index (χ2v) is 9.55. The number of anilines is 1. The monoisotopic (exact) mass is 458 g/mol. The van der Waals surface area contributed by atoms with Gasteiger partial charge >= 0.3 is 0 Å². The predicted molar refractivity (Wildman–Crippen MR) is 128 cm³/mol. The van der Waals surface area contributed by atoms with Gasteiger partial charge in [-0.25, -0.2) is 4.99 Å². The van der Waals surface area contributed by atoms with Crippen molar-refractivity contribution in [3.63, 3.8) is 0 Å². The molecule has 0 spiro atoms. The van der Waals surface area contributed by atoms with Crippen molar-refractivity contribution in [2.24, 2.45) is 4.99 Å². The molecule has 3 aromatic rings. The van der Waals surface area contributed by atoms with E-state index >= 15 is 0 Å². The normalized spacial score (nSPS) is 25.6. The highest BCUT2D eigenvalue weighted by Crippen LogP contribution is 2.51. The number of aliphatic imine (C=N–C) groups is 1. The summed E-state index contributed by atoms with van der Waals surface area (Å²) in [4.78, 5) is 33.4. The summed E-state index contributed by atoms with van der Waals surface area (Å²) < 4.78 is 12.4. The van der Waals surface area contributed by atoms with Crippen LogP contribution in [0.15, 0.2) is 56.7 Å². The van der Waals surface area contributed by atoms with Crippen molar-refractivity contribution in [3.05, 3.63) is 75.1 Å². The van der Waals surface area contributed by atoms with Crippen LogP contribution in [-0.2, 0) is 15.1 Å². The van der Waals surface area contributed by atoms with Gasteiger partial charge in [0.1, 0.15) is 5.58 Å². The highest BCUT2D eigenvalue weighted by atomic mass is 16.5. The van der Waals surface area contributed by atoms with E-state index in [4.69, 9.17) is 14.1 Å². The quantitative estimate of drug-likeness (QED) is 0.624. The van der Waals surface area contributed by atoms with Gasteiger partial charge in [0.05, 0.1) is 22.7 Å². The summed E-state index contributed by atoms with van der Waals surface area (Å²) in [6.45, 7) is 1.90. The molecule has 3 aliphatic rings. The van der Waals surface area contributed by atoms with Crippen molar-refractivity contribution >= 4 is 28.5 Å². The largest absolute Gasteiger partial charge is 0.463 e. The molecule has 2 aromatic carbocycles. The molecular formula is C27H26N2O5. The number of likely N-dealkylation sites (N-methyl/N-ethyl adjacent to an activating group) is 1. The maximum Gasteiger partial charge on any atom is 0.267 e. The van der Waals surface area contributed by atoms with Crippen LogP contribution in [0.5, 0.6) is 0 Å². The summed E-state index contributed by atoms with van der Waals surface area (Å²) in [6.07, 6.45) is 3.94. The van der Waals surface area contributed by atoms with E-state index in [1.807, 2.05) is 13.0 Å². The fourth-order valence-electron chi connectivity index (χ4n) is 5.53. The van der Waals surface area contributed by atoms with Crippen LogP contribution in [0.4, 0.5) is 5.69 Å². The van der Waals surface area contributed by atoms with Crippen LogP contribution in [0.1, 0.15) is 60.7 Å². The number of carbonyl (C=O) groups is 1. The molecule has 3 heterocycles. The number of aryl methyl sites for hydroxylation is 1. The van der Waals surface area contributed by atoms with Crippen molar-refractivity contribution in [2.45, 2.75) is 56.8 Å². The van der Waals surface area contributed by atoms with E-state index in [0.29, 0.717) is 22.2 Å². The first-order valence-corrected chi connectivity index (χ1v) is 11.8. The molecule has 0 saturated heterocycles. The van der Waals surface area contributed by atoms with Gasteiger partial charge in [-0.2, -0.15) is 0 Å². The van der Waals surface area contributed by atoms with Crippen LogP contribution in [0.25, 0.3) is 11.0 Å². The Morgan fingerprint density at radius 3 is 2.65 bits per heavy atom. The zero-order valence-electron chi connectivity index (χ0n) is 19.2. The molecule has 1 saturated carbocycles. The first-order chi connectivity index (χ1) is 16.4. The molecule has 1 fully saturated rings. The topological polar surface area (TPSA) is 92.3 Å². The van der Waals surface area contributed by atoms with E-state index in [2.05, 4.69) is 0 Å². The zero-order chi connectivity index (χ0) is 23.6. The number of hydrogen-bond acceptors (Lipinski definition) is 6. The summed E-state index contributed by atoms with van der Waals surface area (Å²) in [7, 11) is 1.61. The Kier molecular flexibility index (Phi) is 4.68. The molecule has 1 aromatic heterocycles. The Bertz CT molecular complexity index is 1420. The molecule has 2 aliphatic heterocycles. The first-order valence-electron chi connectivity index (χ1n) is 11.8. The average Bonchev–Trinajstić information content (AvgIpc) is 3.31. The highest BCUT2D eigenvalue weighted by Gasteiger charge is 2.60. The number of benzene rings is 2. The van der Waals surface area contributed by atoms with Crippen LogP contribution < -0.4 is 10.3 Å². The Morgan fingerprint density at radius 1 is 1.09 bits per heavy atom. The molecule has 0 bridgehead atoms. The Labute approximate surface area is 196 Å². The molecule has 7 heteroatoms. The van der Waals surface area contributed by atoms with Crippen molar-refractivity contribution in [1.82, 2.24) is 0 Å². The minimum Gasteiger partial charge on any atom is -0.463 e. The number of hydrogen-bond donors (Lipinski definition) is 1. The number of nitrogens with zero attached hydrogens (tertiary/aromatic N) is 2. The van der Waals surface area contributed by atoms with Gasteiger partial charge in [-0.1, -0.05) is 49.1 Å². The third-order valence-corrected chi connectivity index (χ3v) is 7.33. The van der Waals surface area contributed by atoms with Gasteiger partial charge < -0.3 is 19.2 Å². The number of aliphatic hydroxyl groups is 1. The Morgan fingerprint density at radius 2 is 1.85 bits per heavy atom. The van der Waals surface area contributed by atoms with E-state index in [1.54, 1.807) is 43.4 Å². The van der Waals surface area contributed by atoms with Crippen LogP contribution in [0.3, 0.4) is 0 Å². The second kappa shape index (κ2) is 7.53. The predicted octanol–water partition coefficient (Wildman–Crippen LogP) is 4.12. The number of ether oxygens (including phenoxy) is 1. The first kappa shape index (κ1) is 21.1. The summed E-state index contributed by atoms with van der Waals surface area (Å²) in [5.74, 6) is -0.141. The van der Waals surface area contributed by atoms with Crippen molar-refractivity contribution in [3.8, 4) is 0 Å². The SMILES string of the molecule is Cc1ccc2oc3c(c(=O)c2c1)[C@H]([C@@]1(O)C(=O)N(C)c2ccccc21)OC3=NC1CCCCC1. The standard InChI is InChI=1S/C27H26N2O5/c1-15-12-13-20-17(14-15)22(30)21-23(33-20)25(28-16-8-4-3-5-9-16)34-24(21)27(32)18-10-6-7-11-19(18)29(2)26(27)31/h6-7,10-14,16,24,32H,3-5,8-9H2,1-2H3/t24-,27-/m1/s1. The van der Waals surface area contributed by atoms with Crippen molar-refractivity contribution in [1.29, 1.82) is 0 Å². The summed E-state index contributed by atoms with van der Waals surface area (Å²) >= 11 is 0. The Balaban J connectivity index is 1.59. The van der Waals surface area contributed by atoms with Gasteiger partial charge in [-0.15, -0.1) is 0 Å². The molecule has 6 rings (SSSR count). The summed E-state index contributed by atoms with van der Waals surface area (Å²) in [5.41, 5.74) is 0.0840. The van der Waals surface area contributed by atoms with Gasteiger partial charge in [-0.05, 0) is 38.0 Å². The fraction of sp³-hybridized carbons (Fsp3) is 0.370. The van der Waals surface area contributed by atoms with E-state index < -0.39 is 17.6 Å². The molecule has 1 N–H and O–H groups in total. The van der Waals surface area contributed by atoms with Gasteiger partial charge in [0.25, 0.3) is 11.8 Å². The maximum atomic E-state index is 13.8. The lowest BCUT2D eigenvalue weighted by atomic mass is 9.85. The Hall–Kier alpha value is -3.45.